The zero-order valence-corrected chi connectivity index (χ0v) is 8.23. The number of benzene rings is 1. The fraction of sp³-hybridized carbons (Fsp3) is 0.0833. The minimum atomic E-state index is 0.0812. The first-order chi connectivity index (χ1) is 7.31. The Morgan fingerprint density at radius 2 is 2.13 bits per heavy atom. The van der Waals surface area contributed by atoms with Crippen LogP contribution in [0.15, 0.2) is 36.5 Å². The highest BCUT2D eigenvalue weighted by Crippen LogP contribution is 2.30. The van der Waals surface area contributed by atoms with E-state index in [0.717, 1.165) is 22.7 Å². The van der Waals surface area contributed by atoms with Gasteiger partial charge in [0.1, 0.15) is 5.75 Å². The number of fused-ring (bicyclic) bond motifs is 3. The number of ketones is 1. The summed E-state index contributed by atoms with van der Waals surface area (Å²) in [5, 5.41) is 0. The van der Waals surface area contributed by atoms with Gasteiger partial charge in [0.05, 0.1) is 18.5 Å². The number of hydrogen-bond acceptors (Lipinski definition) is 2. The Morgan fingerprint density at radius 3 is 2.93 bits per heavy atom. The summed E-state index contributed by atoms with van der Waals surface area (Å²) in [6, 6.07) is 9.20. The zero-order valence-electron chi connectivity index (χ0n) is 8.23. The molecule has 3 heteroatoms. The van der Waals surface area contributed by atoms with Gasteiger partial charge in [-0.15, -0.1) is 0 Å². The lowest BCUT2D eigenvalue weighted by molar-refractivity contribution is 0.104. The van der Waals surface area contributed by atoms with Crippen LogP contribution < -0.4 is 4.74 Å². The summed E-state index contributed by atoms with van der Waals surface area (Å²) in [5.74, 6) is 0.848. The second-order valence-corrected chi connectivity index (χ2v) is 3.48. The van der Waals surface area contributed by atoms with Crippen molar-refractivity contribution in [3.63, 3.8) is 0 Å². The Kier molecular flexibility index (Phi) is 1.51. The normalized spacial score (nSPS) is 12.5. The molecule has 0 N–H and O–H groups in total. The highest BCUT2D eigenvalue weighted by atomic mass is 16.5. The predicted octanol–water partition coefficient (Wildman–Crippen LogP) is 2.03. The molecule has 0 amide bonds. The molecule has 0 saturated heterocycles. The molecule has 0 spiro atoms. The van der Waals surface area contributed by atoms with Crippen LogP contribution in [-0.4, -0.2) is 17.5 Å². The van der Waals surface area contributed by atoms with E-state index in [0.29, 0.717) is 0 Å². The highest BCUT2D eigenvalue weighted by Gasteiger charge is 2.25. The Bertz CT molecular complexity index is 554. The van der Waals surface area contributed by atoms with Crippen LogP contribution in [0.2, 0.25) is 0 Å². The van der Waals surface area contributed by atoms with E-state index >= 15 is 0 Å². The highest BCUT2D eigenvalue weighted by molar-refractivity contribution is 6.14. The van der Waals surface area contributed by atoms with E-state index in [9.17, 15) is 4.79 Å². The van der Waals surface area contributed by atoms with Gasteiger partial charge in [-0.05, 0) is 24.3 Å². The molecular formula is C12H9NO2. The van der Waals surface area contributed by atoms with Gasteiger partial charge in [-0.25, -0.2) is 0 Å². The van der Waals surface area contributed by atoms with Gasteiger partial charge in [-0.1, -0.05) is 0 Å². The number of hydrogen-bond donors (Lipinski definition) is 0. The van der Waals surface area contributed by atoms with Crippen molar-refractivity contribution in [3.8, 4) is 11.4 Å². The smallest absolute Gasteiger partial charge is 0.211 e. The Balaban J connectivity index is 2.30. The summed E-state index contributed by atoms with van der Waals surface area (Å²) in [6.07, 6.45) is 1.89. The third-order valence-electron chi connectivity index (χ3n) is 2.69. The van der Waals surface area contributed by atoms with Crippen LogP contribution in [0.5, 0.6) is 5.75 Å². The van der Waals surface area contributed by atoms with Crippen molar-refractivity contribution >= 4 is 5.78 Å². The Hall–Kier alpha value is -2.03. The first-order valence-electron chi connectivity index (χ1n) is 4.72. The number of rotatable bonds is 1. The van der Waals surface area contributed by atoms with E-state index in [1.54, 1.807) is 7.11 Å². The molecule has 2 heterocycles. The van der Waals surface area contributed by atoms with Gasteiger partial charge in [0.2, 0.25) is 5.78 Å². The minimum Gasteiger partial charge on any atom is -0.497 e. The molecule has 2 aromatic rings. The fourth-order valence-corrected chi connectivity index (χ4v) is 1.94. The third-order valence-corrected chi connectivity index (χ3v) is 2.69. The summed E-state index contributed by atoms with van der Waals surface area (Å²) in [6.45, 7) is 0. The third kappa shape index (κ3) is 0.973. The lowest BCUT2D eigenvalue weighted by Crippen LogP contribution is -1.94. The topological polar surface area (TPSA) is 31.2 Å². The Labute approximate surface area is 86.9 Å². The van der Waals surface area contributed by atoms with Crippen LogP contribution in [0.25, 0.3) is 5.69 Å². The molecule has 15 heavy (non-hydrogen) atoms. The zero-order chi connectivity index (χ0) is 10.4. The number of carbonyl (C=O) groups excluding carboxylic acids is 1. The molecule has 1 aliphatic rings. The maximum absolute atomic E-state index is 11.9. The van der Waals surface area contributed by atoms with Gasteiger partial charge in [0.15, 0.2) is 0 Å². The van der Waals surface area contributed by atoms with Crippen molar-refractivity contribution in [1.82, 2.24) is 4.57 Å². The monoisotopic (exact) mass is 199 g/mol. The molecule has 1 aliphatic heterocycles. The summed E-state index contributed by atoms with van der Waals surface area (Å²) in [4.78, 5) is 11.9. The van der Waals surface area contributed by atoms with E-state index in [-0.39, 0.29) is 5.78 Å². The first-order valence-corrected chi connectivity index (χ1v) is 4.72. The molecular weight excluding hydrogens is 190 g/mol. The standard InChI is InChI=1S/C12H9NO2/c1-15-8-4-5-9-11(7-8)13-6-2-3-10(13)12(9)14/h2-7H,1H3. The van der Waals surface area contributed by atoms with Gasteiger partial charge in [0, 0.05) is 17.8 Å². The van der Waals surface area contributed by atoms with Crippen molar-refractivity contribution in [2.75, 3.05) is 7.11 Å². The second-order valence-electron chi connectivity index (χ2n) is 3.48. The molecule has 0 aliphatic carbocycles. The van der Waals surface area contributed by atoms with E-state index in [1.807, 2.05) is 41.1 Å². The van der Waals surface area contributed by atoms with Crippen molar-refractivity contribution < 1.29 is 9.53 Å². The van der Waals surface area contributed by atoms with Gasteiger partial charge in [-0.3, -0.25) is 4.79 Å². The van der Waals surface area contributed by atoms with Gasteiger partial charge in [0.25, 0.3) is 0 Å². The van der Waals surface area contributed by atoms with Crippen molar-refractivity contribution in [1.29, 1.82) is 0 Å². The number of nitrogens with zero attached hydrogens (tertiary/aromatic N) is 1. The van der Waals surface area contributed by atoms with Crippen LogP contribution in [0.1, 0.15) is 16.1 Å². The summed E-state index contributed by atoms with van der Waals surface area (Å²) in [5.41, 5.74) is 2.36. The van der Waals surface area contributed by atoms with Crippen LogP contribution in [-0.2, 0) is 0 Å². The van der Waals surface area contributed by atoms with Crippen molar-refractivity contribution in [2.24, 2.45) is 0 Å². The molecule has 74 valence electrons. The van der Waals surface area contributed by atoms with Crippen LogP contribution in [0.4, 0.5) is 0 Å². The second kappa shape index (κ2) is 2.73. The van der Waals surface area contributed by atoms with Crippen molar-refractivity contribution in [3.05, 3.63) is 47.8 Å². The maximum atomic E-state index is 11.9. The lowest BCUT2D eigenvalue weighted by atomic mass is 10.1. The Morgan fingerprint density at radius 1 is 1.27 bits per heavy atom. The fourth-order valence-electron chi connectivity index (χ4n) is 1.94. The van der Waals surface area contributed by atoms with Crippen molar-refractivity contribution in [2.45, 2.75) is 0 Å². The number of carbonyl (C=O) groups is 1. The van der Waals surface area contributed by atoms with Crippen LogP contribution >= 0.6 is 0 Å². The van der Waals surface area contributed by atoms with E-state index in [4.69, 9.17) is 4.74 Å². The molecule has 3 nitrogen and oxygen atoms in total. The summed E-state index contributed by atoms with van der Waals surface area (Å²) in [7, 11) is 1.62. The molecule has 1 aromatic heterocycles. The first kappa shape index (κ1) is 8.29. The molecule has 0 atom stereocenters. The van der Waals surface area contributed by atoms with Gasteiger partial charge in [-0.2, -0.15) is 0 Å². The number of methoxy groups -OCH3 is 1. The predicted molar refractivity (Wildman–Crippen MR) is 55.8 cm³/mol. The summed E-state index contributed by atoms with van der Waals surface area (Å²) >= 11 is 0. The average molecular weight is 199 g/mol. The van der Waals surface area contributed by atoms with Crippen LogP contribution in [0.3, 0.4) is 0 Å². The quantitative estimate of drug-likeness (QED) is 0.600. The van der Waals surface area contributed by atoms with Gasteiger partial charge >= 0.3 is 0 Å². The average Bonchev–Trinajstić information content (AvgIpc) is 2.83. The molecule has 1 aromatic carbocycles. The molecule has 0 saturated carbocycles. The number of ether oxygens (including phenoxy) is 1. The SMILES string of the molecule is COc1ccc2c(c1)-n1cccc1C2=O. The molecule has 0 radical (unpaired) electrons. The van der Waals surface area contributed by atoms with E-state index in [1.165, 1.54) is 0 Å². The molecule has 3 rings (SSSR count). The lowest BCUT2D eigenvalue weighted by Gasteiger charge is -2.03. The molecule has 0 bridgehead atoms. The van der Waals surface area contributed by atoms with E-state index in [2.05, 4.69) is 0 Å². The molecule has 0 unspecified atom stereocenters. The van der Waals surface area contributed by atoms with E-state index < -0.39 is 0 Å². The number of aromatic nitrogens is 1. The van der Waals surface area contributed by atoms with Crippen LogP contribution in [0, 0.1) is 0 Å². The minimum absolute atomic E-state index is 0.0812. The summed E-state index contributed by atoms with van der Waals surface area (Å²) < 4.78 is 7.03. The molecule has 0 fully saturated rings. The largest absolute Gasteiger partial charge is 0.497 e. The van der Waals surface area contributed by atoms with Gasteiger partial charge < -0.3 is 9.30 Å². The maximum Gasteiger partial charge on any atom is 0.211 e.